The van der Waals surface area contributed by atoms with Crippen molar-refractivity contribution in [3.05, 3.63) is 41.2 Å². The van der Waals surface area contributed by atoms with Gasteiger partial charge >= 0.3 is 0 Å². The molecule has 0 spiro atoms. The monoisotopic (exact) mass is 328 g/mol. The topological polar surface area (TPSA) is 78.3 Å². The second kappa shape index (κ2) is 6.24. The molecule has 7 heteroatoms. The van der Waals surface area contributed by atoms with Crippen LogP contribution in [0, 0.1) is 5.92 Å². The highest BCUT2D eigenvalue weighted by Crippen LogP contribution is 2.29. The van der Waals surface area contributed by atoms with Crippen molar-refractivity contribution < 1.29 is 14.3 Å². The van der Waals surface area contributed by atoms with Gasteiger partial charge in [-0.1, -0.05) is 17.3 Å². The maximum Gasteiger partial charge on any atom is 0.273 e. The van der Waals surface area contributed by atoms with E-state index in [1.54, 1.807) is 11.8 Å². The highest BCUT2D eigenvalue weighted by molar-refractivity contribution is 5.93. The Hall–Kier alpha value is -2.41. The summed E-state index contributed by atoms with van der Waals surface area (Å²) in [4.78, 5) is 12.2. The molecular formula is C17H20N4O3. The number of nitrogens with one attached hydrogen (secondary N) is 1. The smallest absolute Gasteiger partial charge is 0.273 e. The van der Waals surface area contributed by atoms with E-state index in [9.17, 15) is 4.79 Å². The Morgan fingerprint density at radius 1 is 1.38 bits per heavy atom. The average Bonchev–Trinajstić information content (AvgIpc) is 3.36. The van der Waals surface area contributed by atoms with E-state index in [1.807, 2.05) is 24.3 Å². The van der Waals surface area contributed by atoms with Gasteiger partial charge in [0.25, 0.3) is 5.91 Å². The summed E-state index contributed by atoms with van der Waals surface area (Å²) in [6.45, 7) is 1.60. The number of hydrogen-bond acceptors (Lipinski definition) is 5. The molecule has 1 amide bonds. The van der Waals surface area contributed by atoms with Crippen molar-refractivity contribution in [2.45, 2.75) is 32.1 Å². The number of benzene rings is 1. The van der Waals surface area contributed by atoms with E-state index < -0.39 is 0 Å². The summed E-state index contributed by atoms with van der Waals surface area (Å²) < 4.78 is 12.9. The van der Waals surface area contributed by atoms with Crippen LogP contribution in [0.15, 0.2) is 24.3 Å². The molecule has 1 fully saturated rings. The predicted octanol–water partition coefficient (Wildman–Crippen LogP) is 1.70. The molecule has 1 atom stereocenters. The fourth-order valence-electron chi connectivity index (χ4n) is 2.85. The van der Waals surface area contributed by atoms with Gasteiger partial charge in [-0.2, -0.15) is 0 Å². The lowest BCUT2D eigenvalue weighted by Gasteiger charge is -2.24. The largest absolute Gasteiger partial charge is 0.497 e. The zero-order chi connectivity index (χ0) is 16.5. The van der Waals surface area contributed by atoms with Crippen LogP contribution in [0.25, 0.3) is 0 Å². The number of aromatic nitrogens is 3. The van der Waals surface area contributed by atoms with Gasteiger partial charge in [0.15, 0.2) is 5.69 Å². The Bertz CT molecular complexity index is 737. The van der Waals surface area contributed by atoms with Gasteiger partial charge in [-0.25, -0.2) is 4.68 Å². The van der Waals surface area contributed by atoms with Crippen LogP contribution in [0.1, 0.15) is 40.7 Å². The minimum Gasteiger partial charge on any atom is -0.497 e. The van der Waals surface area contributed by atoms with Crippen molar-refractivity contribution >= 4 is 5.91 Å². The van der Waals surface area contributed by atoms with E-state index >= 15 is 0 Å². The van der Waals surface area contributed by atoms with E-state index in [2.05, 4.69) is 15.6 Å². The van der Waals surface area contributed by atoms with Crippen molar-refractivity contribution in [1.82, 2.24) is 20.3 Å². The van der Waals surface area contributed by atoms with Gasteiger partial charge in [0, 0.05) is 6.54 Å². The van der Waals surface area contributed by atoms with Gasteiger partial charge in [-0.05, 0) is 36.5 Å². The van der Waals surface area contributed by atoms with Crippen LogP contribution in [0.3, 0.4) is 0 Å². The standard InChI is InChI=1S/C17H20N4O3/c1-23-13-6-4-12(5-7-13)15-9-21-14(10-24-15)16(19-20-21)17(22)18-8-11-2-3-11/h4-7,11,15H,2-3,8-10H2,1H3,(H,18,22)/t15-/m0/s1. The molecule has 1 N–H and O–H groups in total. The molecule has 126 valence electrons. The predicted molar refractivity (Wildman–Crippen MR) is 85.6 cm³/mol. The van der Waals surface area contributed by atoms with E-state index in [0.29, 0.717) is 24.8 Å². The van der Waals surface area contributed by atoms with E-state index in [1.165, 1.54) is 12.8 Å². The van der Waals surface area contributed by atoms with Crippen LogP contribution in [0.5, 0.6) is 5.75 Å². The number of hydrogen-bond donors (Lipinski definition) is 1. The molecule has 1 aliphatic heterocycles. The summed E-state index contributed by atoms with van der Waals surface area (Å²) in [5.41, 5.74) is 2.17. The molecule has 4 rings (SSSR count). The SMILES string of the molecule is COc1ccc([C@@H]2Cn3nnc(C(=O)NCC4CC4)c3CO2)cc1. The third-order valence-electron chi connectivity index (χ3n) is 4.55. The van der Waals surface area contributed by atoms with Gasteiger partial charge in [-0.3, -0.25) is 4.79 Å². The number of ether oxygens (including phenoxy) is 2. The summed E-state index contributed by atoms with van der Waals surface area (Å²) in [5, 5.41) is 11.1. The summed E-state index contributed by atoms with van der Waals surface area (Å²) in [5.74, 6) is 1.29. The van der Waals surface area contributed by atoms with Crippen LogP contribution in [-0.2, 0) is 17.9 Å². The lowest BCUT2D eigenvalue weighted by atomic mass is 10.1. The van der Waals surface area contributed by atoms with Gasteiger partial charge in [0.1, 0.15) is 11.9 Å². The zero-order valence-electron chi connectivity index (χ0n) is 13.6. The molecule has 24 heavy (non-hydrogen) atoms. The Balaban J connectivity index is 1.46. The van der Waals surface area contributed by atoms with Gasteiger partial charge < -0.3 is 14.8 Å². The molecule has 1 aromatic carbocycles. The molecule has 7 nitrogen and oxygen atoms in total. The Labute approximate surface area is 139 Å². The van der Waals surface area contributed by atoms with Crippen LogP contribution in [0.2, 0.25) is 0 Å². The van der Waals surface area contributed by atoms with Crippen LogP contribution in [-0.4, -0.2) is 34.6 Å². The molecule has 1 aromatic heterocycles. The first-order valence-corrected chi connectivity index (χ1v) is 8.20. The lowest BCUT2D eigenvalue weighted by Crippen LogP contribution is -2.28. The second-order valence-corrected chi connectivity index (χ2v) is 6.29. The zero-order valence-corrected chi connectivity index (χ0v) is 13.6. The Morgan fingerprint density at radius 2 is 2.17 bits per heavy atom. The summed E-state index contributed by atoms with van der Waals surface area (Å²) in [6.07, 6.45) is 2.30. The van der Waals surface area contributed by atoms with Crippen molar-refractivity contribution in [2.75, 3.05) is 13.7 Å². The van der Waals surface area contributed by atoms with Crippen molar-refractivity contribution in [2.24, 2.45) is 5.92 Å². The van der Waals surface area contributed by atoms with Crippen molar-refractivity contribution in [3.63, 3.8) is 0 Å². The molecule has 0 saturated heterocycles. The Kier molecular flexibility index (Phi) is 3.93. The maximum absolute atomic E-state index is 12.2. The number of methoxy groups -OCH3 is 1. The quantitative estimate of drug-likeness (QED) is 0.904. The molecule has 2 heterocycles. The minimum absolute atomic E-state index is 0.104. The van der Waals surface area contributed by atoms with Gasteiger partial charge in [0.2, 0.25) is 0 Å². The number of fused-ring (bicyclic) bond motifs is 1. The molecule has 0 radical (unpaired) electrons. The number of carbonyl (C=O) groups is 1. The maximum atomic E-state index is 12.2. The molecule has 2 aliphatic rings. The third-order valence-corrected chi connectivity index (χ3v) is 4.55. The molecule has 2 aromatic rings. The van der Waals surface area contributed by atoms with E-state index in [-0.39, 0.29) is 12.0 Å². The van der Waals surface area contributed by atoms with Crippen LogP contribution in [0.4, 0.5) is 0 Å². The first-order valence-electron chi connectivity index (χ1n) is 8.20. The van der Waals surface area contributed by atoms with Gasteiger partial charge in [0.05, 0.1) is 26.0 Å². The minimum atomic E-state index is -0.158. The molecular weight excluding hydrogens is 308 g/mol. The lowest BCUT2D eigenvalue weighted by molar-refractivity contribution is -0.00179. The second-order valence-electron chi connectivity index (χ2n) is 6.29. The van der Waals surface area contributed by atoms with Gasteiger partial charge in [-0.15, -0.1) is 5.10 Å². The molecule has 1 saturated carbocycles. The Morgan fingerprint density at radius 3 is 2.88 bits per heavy atom. The van der Waals surface area contributed by atoms with E-state index in [0.717, 1.165) is 23.6 Å². The highest BCUT2D eigenvalue weighted by atomic mass is 16.5. The van der Waals surface area contributed by atoms with Crippen molar-refractivity contribution in [3.8, 4) is 5.75 Å². The summed E-state index contributed by atoms with van der Waals surface area (Å²) in [7, 11) is 1.64. The fraction of sp³-hybridized carbons (Fsp3) is 0.471. The summed E-state index contributed by atoms with van der Waals surface area (Å²) in [6, 6.07) is 7.78. The molecule has 0 unspecified atom stereocenters. The molecule has 0 bridgehead atoms. The van der Waals surface area contributed by atoms with Crippen LogP contribution < -0.4 is 10.1 Å². The van der Waals surface area contributed by atoms with Crippen molar-refractivity contribution in [1.29, 1.82) is 0 Å². The number of nitrogens with zero attached hydrogens (tertiary/aromatic N) is 3. The third kappa shape index (κ3) is 2.99. The number of amides is 1. The normalized spacial score (nSPS) is 19.6. The first kappa shape index (κ1) is 15.1. The number of carbonyl (C=O) groups excluding carboxylic acids is 1. The number of rotatable bonds is 5. The highest BCUT2D eigenvalue weighted by Gasteiger charge is 2.29. The molecule has 1 aliphatic carbocycles. The van der Waals surface area contributed by atoms with E-state index in [4.69, 9.17) is 9.47 Å². The average molecular weight is 328 g/mol. The fourth-order valence-corrected chi connectivity index (χ4v) is 2.85. The first-order chi connectivity index (χ1) is 11.7. The summed E-state index contributed by atoms with van der Waals surface area (Å²) >= 11 is 0. The van der Waals surface area contributed by atoms with Crippen LogP contribution >= 0.6 is 0 Å².